The number of hydrogen-bond donors (Lipinski definition) is 0. The molecule has 1 aliphatic rings. The summed E-state index contributed by atoms with van der Waals surface area (Å²) in [5.41, 5.74) is 0.951. The minimum absolute atomic E-state index is 0.0202. The van der Waals surface area contributed by atoms with Crippen molar-refractivity contribution in [3.05, 3.63) is 17.0 Å². The van der Waals surface area contributed by atoms with Crippen LogP contribution in [0.15, 0.2) is 6.07 Å². The van der Waals surface area contributed by atoms with Gasteiger partial charge in [-0.2, -0.15) is 0 Å². The van der Waals surface area contributed by atoms with E-state index in [0.717, 1.165) is 37.8 Å². The van der Waals surface area contributed by atoms with E-state index in [9.17, 15) is 0 Å². The topological polar surface area (TPSA) is 38.2 Å². The lowest BCUT2D eigenvalue weighted by molar-refractivity contribution is 0.122. The van der Waals surface area contributed by atoms with Crippen molar-refractivity contribution in [3.63, 3.8) is 0 Å². The van der Waals surface area contributed by atoms with Crippen molar-refractivity contribution in [1.29, 1.82) is 0 Å². The normalized spacial score (nSPS) is 17.3. The van der Waals surface area contributed by atoms with Gasteiger partial charge in [0.05, 0.1) is 18.9 Å². The van der Waals surface area contributed by atoms with E-state index in [2.05, 4.69) is 35.6 Å². The molecule has 4 nitrogen and oxygen atoms in total. The highest BCUT2D eigenvalue weighted by atomic mass is 35.5. The summed E-state index contributed by atoms with van der Waals surface area (Å²) in [7, 11) is 0. The molecule has 0 radical (unpaired) electrons. The molecule has 1 aliphatic heterocycles. The molecule has 94 valence electrons. The van der Waals surface area contributed by atoms with Gasteiger partial charge in [0.25, 0.3) is 0 Å². The minimum Gasteiger partial charge on any atom is -0.378 e. The van der Waals surface area contributed by atoms with Crippen molar-refractivity contribution >= 4 is 17.4 Å². The zero-order valence-corrected chi connectivity index (χ0v) is 11.3. The molecular formula is C12H18ClN3O. The van der Waals surface area contributed by atoms with Gasteiger partial charge in [-0.3, -0.25) is 0 Å². The molecule has 0 N–H and O–H groups in total. The number of halogens is 1. The molecule has 1 saturated heterocycles. The third-order valence-electron chi connectivity index (χ3n) is 2.79. The fourth-order valence-electron chi connectivity index (χ4n) is 1.74. The highest BCUT2D eigenvalue weighted by Crippen LogP contribution is 2.25. The van der Waals surface area contributed by atoms with Gasteiger partial charge in [0.15, 0.2) is 0 Å². The lowest BCUT2D eigenvalue weighted by atomic mass is 9.92. The van der Waals surface area contributed by atoms with Gasteiger partial charge in [0, 0.05) is 24.6 Å². The summed E-state index contributed by atoms with van der Waals surface area (Å²) in [6.45, 7) is 9.56. The van der Waals surface area contributed by atoms with Gasteiger partial charge < -0.3 is 9.64 Å². The summed E-state index contributed by atoms with van der Waals surface area (Å²) < 4.78 is 5.33. The molecule has 0 bridgehead atoms. The maximum absolute atomic E-state index is 6.00. The predicted molar refractivity (Wildman–Crippen MR) is 68.8 cm³/mol. The standard InChI is InChI=1S/C12H18ClN3O/c1-12(2,3)9-8-10(15-11(13)14-9)16-4-6-17-7-5-16/h8H,4-7H2,1-3H3. The Balaban J connectivity index is 2.31. The van der Waals surface area contributed by atoms with Crippen molar-refractivity contribution in [3.8, 4) is 0 Å². The van der Waals surface area contributed by atoms with Crippen LogP contribution in [0.25, 0.3) is 0 Å². The zero-order chi connectivity index (χ0) is 12.5. The first-order chi connectivity index (χ1) is 7.97. The van der Waals surface area contributed by atoms with Crippen LogP contribution in [0.5, 0.6) is 0 Å². The van der Waals surface area contributed by atoms with Crippen LogP contribution >= 0.6 is 11.6 Å². The molecule has 1 aromatic heterocycles. The predicted octanol–water partition coefficient (Wildman–Crippen LogP) is 2.26. The Morgan fingerprint density at radius 1 is 1.24 bits per heavy atom. The summed E-state index contributed by atoms with van der Waals surface area (Å²) in [6.07, 6.45) is 0. The SMILES string of the molecule is CC(C)(C)c1cc(N2CCOCC2)nc(Cl)n1. The van der Waals surface area contributed by atoms with E-state index in [1.807, 2.05) is 6.07 Å². The smallest absolute Gasteiger partial charge is 0.224 e. The van der Waals surface area contributed by atoms with Gasteiger partial charge >= 0.3 is 0 Å². The Kier molecular flexibility index (Phi) is 3.54. The summed E-state index contributed by atoms with van der Waals surface area (Å²) in [6, 6.07) is 2.02. The molecule has 2 heterocycles. The maximum Gasteiger partial charge on any atom is 0.224 e. The highest BCUT2D eigenvalue weighted by molar-refractivity contribution is 6.28. The van der Waals surface area contributed by atoms with Crippen molar-refractivity contribution in [1.82, 2.24) is 9.97 Å². The molecule has 0 unspecified atom stereocenters. The molecule has 0 aliphatic carbocycles. The Bertz CT molecular complexity index is 397. The summed E-state index contributed by atoms with van der Waals surface area (Å²) in [5.74, 6) is 0.901. The van der Waals surface area contributed by atoms with Crippen LogP contribution in [-0.2, 0) is 10.2 Å². The molecule has 1 fully saturated rings. The third kappa shape index (κ3) is 3.07. The second-order valence-corrected chi connectivity index (χ2v) is 5.57. The van der Waals surface area contributed by atoms with E-state index in [-0.39, 0.29) is 5.41 Å². The second-order valence-electron chi connectivity index (χ2n) is 5.23. The van der Waals surface area contributed by atoms with Crippen molar-refractivity contribution in [2.75, 3.05) is 31.2 Å². The second kappa shape index (κ2) is 4.78. The van der Waals surface area contributed by atoms with E-state index < -0.39 is 0 Å². The van der Waals surface area contributed by atoms with Crippen molar-refractivity contribution in [2.24, 2.45) is 0 Å². The fraction of sp³-hybridized carbons (Fsp3) is 0.667. The first-order valence-corrected chi connectivity index (χ1v) is 6.22. The number of hydrogen-bond acceptors (Lipinski definition) is 4. The average molecular weight is 256 g/mol. The van der Waals surface area contributed by atoms with Crippen LogP contribution in [-0.4, -0.2) is 36.3 Å². The lowest BCUT2D eigenvalue weighted by Crippen LogP contribution is -2.37. The van der Waals surface area contributed by atoms with Crippen LogP contribution in [0, 0.1) is 0 Å². The summed E-state index contributed by atoms with van der Waals surface area (Å²) >= 11 is 6.00. The molecule has 2 rings (SSSR count). The van der Waals surface area contributed by atoms with E-state index >= 15 is 0 Å². The summed E-state index contributed by atoms with van der Waals surface area (Å²) in [5, 5.41) is 0.318. The average Bonchev–Trinajstić information content (AvgIpc) is 2.28. The first kappa shape index (κ1) is 12.6. The molecule has 0 aromatic carbocycles. The van der Waals surface area contributed by atoms with E-state index in [4.69, 9.17) is 16.3 Å². The Hall–Kier alpha value is -0.870. The Labute approximate surface area is 107 Å². The Morgan fingerprint density at radius 3 is 2.47 bits per heavy atom. The monoisotopic (exact) mass is 255 g/mol. The van der Waals surface area contributed by atoms with Crippen LogP contribution in [0.4, 0.5) is 5.82 Å². The maximum atomic E-state index is 6.00. The van der Waals surface area contributed by atoms with Crippen molar-refractivity contribution < 1.29 is 4.74 Å². The van der Waals surface area contributed by atoms with Gasteiger partial charge in [-0.15, -0.1) is 0 Å². The lowest BCUT2D eigenvalue weighted by Gasteiger charge is -2.29. The van der Waals surface area contributed by atoms with Crippen LogP contribution in [0.2, 0.25) is 5.28 Å². The number of nitrogens with zero attached hydrogens (tertiary/aromatic N) is 3. The quantitative estimate of drug-likeness (QED) is 0.722. The third-order valence-corrected chi connectivity index (χ3v) is 2.96. The molecule has 0 amide bonds. The largest absolute Gasteiger partial charge is 0.378 e. The number of rotatable bonds is 1. The molecule has 17 heavy (non-hydrogen) atoms. The highest BCUT2D eigenvalue weighted by Gasteiger charge is 2.20. The van der Waals surface area contributed by atoms with Crippen LogP contribution in [0.1, 0.15) is 26.5 Å². The molecular weight excluding hydrogens is 238 g/mol. The van der Waals surface area contributed by atoms with Gasteiger partial charge in [-0.1, -0.05) is 20.8 Å². The van der Waals surface area contributed by atoms with Gasteiger partial charge in [-0.25, -0.2) is 9.97 Å². The van der Waals surface area contributed by atoms with Gasteiger partial charge in [0.1, 0.15) is 5.82 Å². The molecule has 1 aromatic rings. The number of ether oxygens (including phenoxy) is 1. The number of morpholine rings is 1. The summed E-state index contributed by atoms with van der Waals surface area (Å²) in [4.78, 5) is 10.8. The number of anilines is 1. The van der Waals surface area contributed by atoms with E-state index in [1.54, 1.807) is 0 Å². The van der Waals surface area contributed by atoms with E-state index in [0.29, 0.717) is 5.28 Å². The number of aromatic nitrogens is 2. The molecule has 0 spiro atoms. The minimum atomic E-state index is -0.0202. The van der Waals surface area contributed by atoms with Gasteiger partial charge in [-0.05, 0) is 11.6 Å². The molecule has 0 atom stereocenters. The zero-order valence-electron chi connectivity index (χ0n) is 10.5. The van der Waals surface area contributed by atoms with E-state index in [1.165, 1.54) is 0 Å². The van der Waals surface area contributed by atoms with Crippen LogP contribution < -0.4 is 4.90 Å². The Morgan fingerprint density at radius 2 is 1.88 bits per heavy atom. The fourth-order valence-corrected chi connectivity index (χ4v) is 1.92. The van der Waals surface area contributed by atoms with Crippen LogP contribution in [0.3, 0.4) is 0 Å². The van der Waals surface area contributed by atoms with Crippen molar-refractivity contribution in [2.45, 2.75) is 26.2 Å². The van der Waals surface area contributed by atoms with Gasteiger partial charge in [0.2, 0.25) is 5.28 Å². The molecule has 0 saturated carbocycles. The molecule has 5 heteroatoms. The first-order valence-electron chi connectivity index (χ1n) is 5.84.